The van der Waals surface area contributed by atoms with Crippen LogP contribution in [0.4, 0.5) is 21.5 Å². The SMILES string of the molecule is O=C1CCN2C(=C1C(=O)Nc1ccccc1F)N(Cc1ccccc1)c1ccccc12. The van der Waals surface area contributed by atoms with E-state index in [4.69, 9.17) is 0 Å². The number of anilines is 3. The molecule has 5 nitrogen and oxygen atoms in total. The Kier molecular flexibility index (Phi) is 4.75. The first-order valence-electron chi connectivity index (χ1n) is 10.1. The van der Waals surface area contributed by atoms with Crippen LogP contribution in [0.25, 0.3) is 0 Å². The molecule has 0 radical (unpaired) electrons. The fraction of sp³-hybridized carbons (Fsp3) is 0.120. The van der Waals surface area contributed by atoms with Crippen molar-refractivity contribution >= 4 is 28.8 Å². The van der Waals surface area contributed by atoms with Crippen LogP contribution in [0.1, 0.15) is 12.0 Å². The largest absolute Gasteiger partial charge is 0.325 e. The van der Waals surface area contributed by atoms with Crippen molar-refractivity contribution in [2.24, 2.45) is 0 Å². The molecule has 0 bridgehead atoms. The molecule has 154 valence electrons. The lowest BCUT2D eigenvalue weighted by molar-refractivity contribution is -0.120. The highest BCUT2D eigenvalue weighted by molar-refractivity contribution is 6.25. The fourth-order valence-electron chi connectivity index (χ4n) is 4.16. The van der Waals surface area contributed by atoms with Crippen LogP contribution in [-0.2, 0) is 16.1 Å². The molecule has 0 spiro atoms. The number of ketones is 1. The Morgan fingerprint density at radius 1 is 0.903 bits per heavy atom. The first-order chi connectivity index (χ1) is 15.1. The normalized spacial score (nSPS) is 15.1. The third-order valence-corrected chi connectivity index (χ3v) is 5.57. The number of carbonyl (C=O) groups is 2. The van der Waals surface area contributed by atoms with Crippen molar-refractivity contribution in [1.82, 2.24) is 0 Å². The standard InChI is InChI=1S/C25H20FN3O2/c26-18-10-4-5-11-19(18)27-24(31)23-22(30)14-15-28-20-12-6-7-13-21(20)29(25(23)28)16-17-8-2-1-3-9-17/h1-13H,14-16H2,(H,27,31). The van der Waals surface area contributed by atoms with Crippen molar-refractivity contribution in [3.05, 3.63) is 102 Å². The van der Waals surface area contributed by atoms with Gasteiger partial charge in [-0.1, -0.05) is 54.6 Å². The topological polar surface area (TPSA) is 52.7 Å². The molecule has 6 heteroatoms. The van der Waals surface area contributed by atoms with E-state index in [0.717, 1.165) is 16.9 Å². The van der Waals surface area contributed by atoms with Crippen LogP contribution in [0.5, 0.6) is 0 Å². The third-order valence-electron chi connectivity index (χ3n) is 5.57. The van der Waals surface area contributed by atoms with Gasteiger partial charge >= 0.3 is 0 Å². The summed E-state index contributed by atoms with van der Waals surface area (Å²) in [5.41, 5.74) is 3.06. The van der Waals surface area contributed by atoms with E-state index >= 15 is 0 Å². The molecule has 2 heterocycles. The second kappa shape index (κ2) is 7.72. The predicted octanol–water partition coefficient (Wildman–Crippen LogP) is 4.48. The highest BCUT2D eigenvalue weighted by Crippen LogP contribution is 2.45. The van der Waals surface area contributed by atoms with Crippen LogP contribution in [-0.4, -0.2) is 18.2 Å². The Morgan fingerprint density at radius 3 is 2.35 bits per heavy atom. The van der Waals surface area contributed by atoms with Crippen molar-refractivity contribution < 1.29 is 14.0 Å². The summed E-state index contributed by atoms with van der Waals surface area (Å²) in [5, 5.41) is 2.59. The molecule has 0 unspecified atom stereocenters. The summed E-state index contributed by atoms with van der Waals surface area (Å²) < 4.78 is 14.1. The number of amides is 1. The molecule has 31 heavy (non-hydrogen) atoms. The van der Waals surface area contributed by atoms with Gasteiger partial charge in [0.1, 0.15) is 17.2 Å². The van der Waals surface area contributed by atoms with Gasteiger partial charge in [0.25, 0.3) is 5.91 Å². The zero-order valence-electron chi connectivity index (χ0n) is 16.7. The van der Waals surface area contributed by atoms with Gasteiger partial charge in [-0.25, -0.2) is 4.39 Å². The van der Waals surface area contributed by atoms with Crippen LogP contribution >= 0.6 is 0 Å². The molecule has 1 N–H and O–H groups in total. The molecule has 3 aromatic rings. The number of halogens is 1. The number of carbonyl (C=O) groups excluding carboxylic acids is 2. The number of fused-ring (bicyclic) bond motifs is 3. The van der Waals surface area contributed by atoms with Gasteiger partial charge in [-0.05, 0) is 29.8 Å². The van der Waals surface area contributed by atoms with E-state index in [1.807, 2.05) is 64.4 Å². The molecule has 3 aromatic carbocycles. The minimum atomic E-state index is -0.597. The summed E-state index contributed by atoms with van der Waals surface area (Å²) in [4.78, 5) is 30.2. The lowest BCUT2D eigenvalue weighted by Gasteiger charge is -2.31. The summed E-state index contributed by atoms with van der Waals surface area (Å²) in [6.07, 6.45) is 0.219. The van der Waals surface area contributed by atoms with E-state index in [1.165, 1.54) is 12.1 Å². The minimum absolute atomic E-state index is 0.0515. The predicted molar refractivity (Wildman–Crippen MR) is 118 cm³/mol. The van der Waals surface area contributed by atoms with E-state index in [0.29, 0.717) is 18.9 Å². The van der Waals surface area contributed by atoms with E-state index in [9.17, 15) is 14.0 Å². The molecule has 0 aromatic heterocycles. The van der Waals surface area contributed by atoms with E-state index in [-0.39, 0.29) is 23.5 Å². The molecule has 0 atom stereocenters. The van der Waals surface area contributed by atoms with Crippen LogP contribution < -0.4 is 15.1 Å². The molecule has 2 aliphatic rings. The highest BCUT2D eigenvalue weighted by atomic mass is 19.1. The van der Waals surface area contributed by atoms with E-state index < -0.39 is 11.7 Å². The van der Waals surface area contributed by atoms with Gasteiger partial charge in [0.15, 0.2) is 5.78 Å². The highest BCUT2D eigenvalue weighted by Gasteiger charge is 2.41. The number of benzene rings is 3. The Bertz CT molecular complexity index is 1210. The molecular weight excluding hydrogens is 393 g/mol. The lowest BCUT2D eigenvalue weighted by atomic mass is 10.0. The van der Waals surface area contributed by atoms with Crippen molar-refractivity contribution in [2.45, 2.75) is 13.0 Å². The van der Waals surface area contributed by atoms with Crippen molar-refractivity contribution in [3.8, 4) is 0 Å². The number of Topliss-reactive ketones (excluding diaryl/α,β-unsaturated/α-hetero) is 1. The number of rotatable bonds is 4. The monoisotopic (exact) mass is 413 g/mol. The molecular formula is C25H20FN3O2. The van der Waals surface area contributed by atoms with Gasteiger partial charge in [0, 0.05) is 19.5 Å². The van der Waals surface area contributed by atoms with Crippen LogP contribution in [0, 0.1) is 5.82 Å². The zero-order chi connectivity index (χ0) is 21.4. The second-order valence-corrected chi connectivity index (χ2v) is 7.52. The van der Waals surface area contributed by atoms with E-state index in [2.05, 4.69) is 5.32 Å². The van der Waals surface area contributed by atoms with Gasteiger partial charge in [-0.3, -0.25) is 9.59 Å². The lowest BCUT2D eigenvalue weighted by Crippen LogP contribution is -2.40. The summed E-state index contributed by atoms with van der Waals surface area (Å²) in [5.74, 6) is -0.834. The Hall–Kier alpha value is -3.93. The average Bonchev–Trinajstić information content (AvgIpc) is 3.09. The number of nitrogens with one attached hydrogen (secondary N) is 1. The van der Waals surface area contributed by atoms with Crippen LogP contribution in [0.3, 0.4) is 0 Å². The number of hydrogen-bond acceptors (Lipinski definition) is 4. The van der Waals surface area contributed by atoms with Gasteiger partial charge in [0.05, 0.1) is 17.1 Å². The smallest absolute Gasteiger partial charge is 0.263 e. The fourth-order valence-corrected chi connectivity index (χ4v) is 4.16. The van der Waals surface area contributed by atoms with Crippen LogP contribution in [0.15, 0.2) is 90.3 Å². The average molecular weight is 413 g/mol. The van der Waals surface area contributed by atoms with Gasteiger partial charge in [-0.2, -0.15) is 0 Å². The second-order valence-electron chi connectivity index (χ2n) is 7.52. The zero-order valence-corrected chi connectivity index (χ0v) is 16.7. The maximum Gasteiger partial charge on any atom is 0.263 e. The summed E-state index contributed by atoms with van der Waals surface area (Å²) >= 11 is 0. The summed E-state index contributed by atoms with van der Waals surface area (Å²) in [6, 6.07) is 23.7. The summed E-state index contributed by atoms with van der Waals surface area (Å²) in [6.45, 7) is 1.00. The van der Waals surface area contributed by atoms with E-state index in [1.54, 1.807) is 12.1 Å². The Labute approximate surface area is 179 Å². The third kappa shape index (κ3) is 3.36. The molecule has 0 aliphatic carbocycles. The van der Waals surface area contributed by atoms with Crippen LogP contribution in [0.2, 0.25) is 0 Å². The summed E-state index contributed by atoms with van der Waals surface area (Å²) in [7, 11) is 0. The maximum atomic E-state index is 14.1. The molecule has 1 amide bonds. The van der Waals surface area contributed by atoms with Crippen molar-refractivity contribution in [2.75, 3.05) is 21.7 Å². The maximum absolute atomic E-state index is 14.1. The first-order valence-corrected chi connectivity index (χ1v) is 10.1. The number of nitrogens with zero attached hydrogens (tertiary/aromatic N) is 2. The molecule has 0 fully saturated rings. The molecule has 0 saturated carbocycles. The van der Waals surface area contributed by atoms with Gasteiger partial charge in [-0.15, -0.1) is 0 Å². The molecule has 2 aliphatic heterocycles. The Morgan fingerprint density at radius 2 is 1.58 bits per heavy atom. The minimum Gasteiger partial charge on any atom is -0.325 e. The molecule has 0 saturated heterocycles. The quantitative estimate of drug-likeness (QED) is 0.641. The number of para-hydroxylation sites is 3. The number of hydrogen-bond donors (Lipinski definition) is 1. The van der Waals surface area contributed by atoms with Crippen molar-refractivity contribution in [3.63, 3.8) is 0 Å². The van der Waals surface area contributed by atoms with Crippen molar-refractivity contribution in [1.29, 1.82) is 0 Å². The molecule has 5 rings (SSSR count). The first kappa shape index (κ1) is 19.1. The Balaban J connectivity index is 1.61. The van der Waals surface area contributed by atoms with Gasteiger partial charge in [0.2, 0.25) is 0 Å². The van der Waals surface area contributed by atoms with Gasteiger partial charge < -0.3 is 15.1 Å².